The van der Waals surface area contributed by atoms with E-state index in [1.54, 1.807) is 0 Å². The number of methoxy groups -OCH3 is 1. The molecule has 4 nitrogen and oxygen atoms in total. The van der Waals surface area contributed by atoms with Crippen molar-refractivity contribution in [2.75, 3.05) is 34.5 Å². The fraction of sp³-hybridized carbons (Fsp3) is 0.357. The fourth-order valence-corrected chi connectivity index (χ4v) is 5.00. The summed E-state index contributed by atoms with van der Waals surface area (Å²) in [6, 6.07) is 21.8. The third-order valence-corrected chi connectivity index (χ3v) is 6.79. The van der Waals surface area contributed by atoms with Crippen LogP contribution in [0.4, 0.5) is 0 Å². The molecule has 0 spiro atoms. The fourth-order valence-electron chi connectivity index (χ4n) is 5.00. The second-order valence-corrected chi connectivity index (χ2v) is 9.11. The Morgan fingerprint density at radius 1 is 0.844 bits per heavy atom. The molecule has 0 N–H and O–H groups in total. The van der Waals surface area contributed by atoms with E-state index in [4.69, 9.17) is 14.2 Å². The highest BCUT2D eigenvalue weighted by molar-refractivity contribution is 5.72. The highest BCUT2D eigenvalue weighted by Crippen LogP contribution is 2.40. The summed E-state index contributed by atoms with van der Waals surface area (Å²) in [5, 5.41) is 0. The number of ether oxygens (including phenoxy) is 3. The first-order valence-corrected chi connectivity index (χ1v) is 11.4. The van der Waals surface area contributed by atoms with Crippen molar-refractivity contribution in [3.63, 3.8) is 0 Å². The van der Waals surface area contributed by atoms with Crippen molar-refractivity contribution >= 4 is 0 Å². The molecule has 32 heavy (non-hydrogen) atoms. The summed E-state index contributed by atoms with van der Waals surface area (Å²) < 4.78 is 16.9. The molecule has 0 saturated carbocycles. The van der Waals surface area contributed by atoms with Crippen LogP contribution in [0.2, 0.25) is 0 Å². The maximum Gasteiger partial charge on any atom is 0.231 e. The Kier molecular flexibility index (Phi) is 5.90. The monoisotopic (exact) mass is 429 g/mol. The van der Waals surface area contributed by atoms with Crippen LogP contribution in [-0.2, 0) is 11.2 Å². The molecule has 1 heterocycles. The summed E-state index contributed by atoms with van der Waals surface area (Å²) in [6.45, 7) is 1.41. The van der Waals surface area contributed by atoms with Crippen LogP contribution in [0.3, 0.4) is 0 Å². The summed E-state index contributed by atoms with van der Waals surface area (Å²) in [5.41, 5.74) is 7.60. The lowest BCUT2D eigenvalue weighted by atomic mass is 9.78. The van der Waals surface area contributed by atoms with Crippen molar-refractivity contribution in [3.8, 4) is 33.8 Å². The molecule has 166 valence electrons. The molecule has 2 unspecified atom stereocenters. The number of hydrogen-bond donors (Lipinski definition) is 0. The van der Waals surface area contributed by atoms with E-state index < -0.39 is 0 Å². The second kappa shape index (κ2) is 8.97. The molecule has 3 aromatic carbocycles. The Hall–Kier alpha value is -2.82. The van der Waals surface area contributed by atoms with Gasteiger partial charge in [-0.05, 0) is 91.3 Å². The van der Waals surface area contributed by atoms with Crippen molar-refractivity contribution in [1.82, 2.24) is 4.90 Å². The quantitative estimate of drug-likeness (QED) is 0.484. The molecule has 0 bridgehead atoms. The molecule has 1 aliphatic heterocycles. The molecular weight excluding hydrogens is 398 g/mol. The van der Waals surface area contributed by atoms with E-state index >= 15 is 0 Å². The van der Waals surface area contributed by atoms with Crippen molar-refractivity contribution in [3.05, 3.63) is 71.8 Å². The van der Waals surface area contributed by atoms with E-state index in [-0.39, 0.29) is 6.10 Å². The first-order valence-electron chi connectivity index (χ1n) is 11.4. The Labute approximate surface area is 190 Å². The van der Waals surface area contributed by atoms with Gasteiger partial charge < -0.3 is 19.1 Å². The molecule has 0 fully saturated rings. The van der Waals surface area contributed by atoms with E-state index in [0.717, 1.165) is 30.0 Å². The van der Waals surface area contributed by atoms with Crippen LogP contribution in [0.1, 0.15) is 30.1 Å². The molecule has 4 heteroatoms. The molecule has 5 rings (SSSR count). The van der Waals surface area contributed by atoms with E-state index in [1.165, 1.54) is 40.7 Å². The van der Waals surface area contributed by atoms with Crippen molar-refractivity contribution in [1.29, 1.82) is 0 Å². The van der Waals surface area contributed by atoms with Gasteiger partial charge in [0.25, 0.3) is 0 Å². The topological polar surface area (TPSA) is 30.9 Å². The minimum atomic E-state index is 0.195. The third-order valence-electron chi connectivity index (χ3n) is 6.79. The zero-order chi connectivity index (χ0) is 22.1. The van der Waals surface area contributed by atoms with Gasteiger partial charge in [0, 0.05) is 7.11 Å². The molecule has 0 radical (unpaired) electrons. The molecule has 3 aromatic rings. The molecule has 1 aliphatic carbocycles. The average Bonchev–Trinajstić information content (AvgIpc) is 3.30. The van der Waals surface area contributed by atoms with Gasteiger partial charge in [0.1, 0.15) is 0 Å². The zero-order valence-corrected chi connectivity index (χ0v) is 19.1. The maximum atomic E-state index is 5.97. The Balaban J connectivity index is 1.36. The standard InChI is InChI=1S/C28H31NO3/c1-29(2)15-14-21-8-9-24-16-22(10-12-25(24)28(21)30-3)19-4-6-20(7-5-19)23-11-13-26-27(17-23)32-18-31-26/h4-7,10-13,16-17,21,28H,8-9,14-15,18H2,1-3H3. The van der Waals surface area contributed by atoms with E-state index in [9.17, 15) is 0 Å². The Bertz CT molecular complexity index is 1090. The lowest BCUT2D eigenvalue weighted by Gasteiger charge is -2.33. The van der Waals surface area contributed by atoms with Gasteiger partial charge in [-0.15, -0.1) is 0 Å². The van der Waals surface area contributed by atoms with Crippen molar-refractivity contribution in [2.45, 2.75) is 25.4 Å². The predicted molar refractivity (Wildman–Crippen MR) is 128 cm³/mol. The average molecular weight is 430 g/mol. The number of rotatable bonds is 6. The number of benzene rings is 3. The Morgan fingerprint density at radius 2 is 1.50 bits per heavy atom. The first kappa shape index (κ1) is 21.0. The van der Waals surface area contributed by atoms with Crippen LogP contribution in [0.5, 0.6) is 11.5 Å². The minimum absolute atomic E-state index is 0.195. The number of nitrogens with zero attached hydrogens (tertiary/aromatic N) is 1. The second-order valence-electron chi connectivity index (χ2n) is 9.11. The van der Waals surface area contributed by atoms with Gasteiger partial charge in [0.15, 0.2) is 11.5 Å². The van der Waals surface area contributed by atoms with E-state index in [0.29, 0.717) is 12.7 Å². The van der Waals surface area contributed by atoms with Crippen LogP contribution in [0.15, 0.2) is 60.7 Å². The van der Waals surface area contributed by atoms with Crippen molar-refractivity contribution < 1.29 is 14.2 Å². The molecule has 0 amide bonds. The molecular formula is C28H31NO3. The van der Waals surface area contributed by atoms with Crippen LogP contribution >= 0.6 is 0 Å². The van der Waals surface area contributed by atoms with Gasteiger partial charge >= 0.3 is 0 Å². The molecule has 2 aliphatic rings. The first-order chi connectivity index (χ1) is 15.6. The van der Waals surface area contributed by atoms with Gasteiger partial charge in [0.05, 0.1) is 6.10 Å². The van der Waals surface area contributed by atoms with Crippen molar-refractivity contribution in [2.24, 2.45) is 5.92 Å². The van der Waals surface area contributed by atoms with Gasteiger partial charge in [-0.2, -0.15) is 0 Å². The van der Waals surface area contributed by atoms with Crippen LogP contribution in [0, 0.1) is 5.92 Å². The summed E-state index contributed by atoms with van der Waals surface area (Å²) in [7, 11) is 6.14. The summed E-state index contributed by atoms with van der Waals surface area (Å²) in [6.07, 6.45) is 3.68. The zero-order valence-electron chi connectivity index (χ0n) is 19.1. The van der Waals surface area contributed by atoms with E-state index in [1.807, 2.05) is 19.2 Å². The van der Waals surface area contributed by atoms with Gasteiger partial charge in [-0.3, -0.25) is 0 Å². The molecule has 0 aromatic heterocycles. The van der Waals surface area contributed by atoms with E-state index in [2.05, 4.69) is 67.5 Å². The highest BCUT2D eigenvalue weighted by atomic mass is 16.7. The lowest BCUT2D eigenvalue weighted by Crippen LogP contribution is -2.26. The summed E-state index contributed by atoms with van der Waals surface area (Å²) in [4.78, 5) is 2.26. The molecule has 2 atom stereocenters. The third kappa shape index (κ3) is 4.13. The largest absolute Gasteiger partial charge is 0.454 e. The van der Waals surface area contributed by atoms with Gasteiger partial charge in [-0.25, -0.2) is 0 Å². The summed E-state index contributed by atoms with van der Waals surface area (Å²) in [5.74, 6) is 2.22. The molecule has 0 saturated heterocycles. The normalized spacial score (nSPS) is 19.2. The van der Waals surface area contributed by atoms with Gasteiger partial charge in [-0.1, -0.05) is 48.5 Å². The maximum absolute atomic E-state index is 5.97. The lowest BCUT2D eigenvalue weighted by molar-refractivity contribution is 0.0343. The van der Waals surface area contributed by atoms with Gasteiger partial charge in [0.2, 0.25) is 6.79 Å². The SMILES string of the molecule is COC1c2ccc(-c3ccc(-c4ccc5c(c4)OCO5)cc3)cc2CCC1CCN(C)C. The minimum Gasteiger partial charge on any atom is -0.454 e. The predicted octanol–water partition coefficient (Wildman–Crippen LogP) is 5.95. The summed E-state index contributed by atoms with van der Waals surface area (Å²) >= 11 is 0. The van der Waals surface area contributed by atoms with Crippen LogP contribution < -0.4 is 9.47 Å². The number of aryl methyl sites for hydroxylation is 1. The Morgan fingerprint density at radius 3 is 2.22 bits per heavy atom. The highest BCUT2D eigenvalue weighted by Gasteiger charge is 2.29. The van der Waals surface area contributed by atoms with Crippen LogP contribution in [-0.4, -0.2) is 39.4 Å². The number of fused-ring (bicyclic) bond motifs is 2. The number of hydrogen-bond acceptors (Lipinski definition) is 4. The smallest absolute Gasteiger partial charge is 0.231 e. The van der Waals surface area contributed by atoms with Crippen LogP contribution in [0.25, 0.3) is 22.3 Å².